The highest BCUT2D eigenvalue weighted by Gasteiger charge is 2.17. The zero-order valence-corrected chi connectivity index (χ0v) is 13.2. The van der Waals surface area contributed by atoms with Crippen LogP contribution in [0, 0.1) is 15.9 Å². The quantitative estimate of drug-likeness (QED) is 0.555. The van der Waals surface area contributed by atoms with E-state index in [1.54, 1.807) is 7.05 Å². The zero-order chi connectivity index (χ0) is 17.3. The molecule has 1 heterocycles. The Bertz CT molecular complexity index is 957. The van der Waals surface area contributed by atoms with Crippen molar-refractivity contribution in [1.82, 2.24) is 4.98 Å². The van der Waals surface area contributed by atoms with Crippen molar-refractivity contribution in [3.63, 3.8) is 0 Å². The second-order valence-electron chi connectivity index (χ2n) is 4.82. The molecule has 3 aromatic rings. The molecule has 0 fully saturated rings. The summed E-state index contributed by atoms with van der Waals surface area (Å²) >= 11 is 1.12. The van der Waals surface area contributed by atoms with Gasteiger partial charge in [0.05, 0.1) is 20.7 Å². The van der Waals surface area contributed by atoms with Gasteiger partial charge in [-0.05, 0) is 24.3 Å². The molecule has 2 N–H and O–H groups in total. The van der Waals surface area contributed by atoms with Crippen molar-refractivity contribution < 1.29 is 14.1 Å². The summed E-state index contributed by atoms with van der Waals surface area (Å²) in [5, 5.41) is 16.6. The van der Waals surface area contributed by atoms with Gasteiger partial charge in [-0.25, -0.2) is 9.37 Å². The number of anilines is 2. The number of aromatic nitrogens is 1. The largest absolute Gasteiger partial charge is 0.387 e. The molecule has 0 bridgehead atoms. The van der Waals surface area contributed by atoms with Gasteiger partial charge in [0, 0.05) is 24.9 Å². The second kappa shape index (κ2) is 6.20. The summed E-state index contributed by atoms with van der Waals surface area (Å²) in [5.41, 5.74) is 0.942. The first-order chi connectivity index (χ1) is 11.5. The van der Waals surface area contributed by atoms with E-state index in [-0.39, 0.29) is 22.2 Å². The third-order valence-corrected chi connectivity index (χ3v) is 4.23. The van der Waals surface area contributed by atoms with E-state index in [1.165, 1.54) is 36.4 Å². The summed E-state index contributed by atoms with van der Waals surface area (Å²) in [7, 11) is 1.61. The molecule has 0 saturated heterocycles. The third kappa shape index (κ3) is 3.01. The lowest BCUT2D eigenvalue weighted by atomic mass is 10.1. The van der Waals surface area contributed by atoms with E-state index in [9.17, 15) is 19.3 Å². The minimum absolute atomic E-state index is 0.122. The molecule has 0 saturated carbocycles. The number of carbonyl (C=O) groups is 1. The molecule has 24 heavy (non-hydrogen) atoms. The highest BCUT2D eigenvalue weighted by Crippen LogP contribution is 2.28. The van der Waals surface area contributed by atoms with Crippen LogP contribution in [0.4, 0.5) is 20.9 Å². The van der Waals surface area contributed by atoms with Gasteiger partial charge in [0.15, 0.2) is 5.13 Å². The molecule has 0 aliphatic heterocycles. The van der Waals surface area contributed by atoms with Crippen LogP contribution in [0.2, 0.25) is 0 Å². The minimum atomic E-state index is -0.573. The number of hydrogen-bond donors (Lipinski definition) is 2. The molecule has 122 valence electrons. The van der Waals surface area contributed by atoms with E-state index >= 15 is 0 Å². The monoisotopic (exact) mass is 346 g/mol. The van der Waals surface area contributed by atoms with Gasteiger partial charge in [0.1, 0.15) is 5.82 Å². The molecule has 0 atom stereocenters. The highest BCUT2D eigenvalue weighted by molar-refractivity contribution is 7.22. The second-order valence-corrected chi connectivity index (χ2v) is 5.85. The number of nitrogens with one attached hydrogen (secondary N) is 2. The SMILES string of the molecule is CNc1ccc([N+](=O)[O-])cc1C(=O)Nc1nc2ccc(F)cc2s1. The summed E-state index contributed by atoms with van der Waals surface area (Å²) in [4.78, 5) is 26.9. The first kappa shape index (κ1) is 15.8. The number of nitrogens with zero attached hydrogens (tertiary/aromatic N) is 2. The van der Waals surface area contributed by atoms with Crippen molar-refractivity contribution in [2.45, 2.75) is 0 Å². The van der Waals surface area contributed by atoms with E-state index in [0.29, 0.717) is 15.9 Å². The average molecular weight is 346 g/mol. The van der Waals surface area contributed by atoms with Crippen molar-refractivity contribution >= 4 is 44.0 Å². The molecule has 0 aliphatic rings. The van der Waals surface area contributed by atoms with Crippen LogP contribution in [0.15, 0.2) is 36.4 Å². The molecular formula is C15H11FN4O3S. The number of nitro benzene ring substituents is 1. The van der Waals surface area contributed by atoms with Crippen LogP contribution < -0.4 is 10.6 Å². The Morgan fingerprint density at radius 3 is 2.79 bits per heavy atom. The van der Waals surface area contributed by atoms with Crippen LogP contribution in [0.25, 0.3) is 10.2 Å². The fourth-order valence-corrected chi connectivity index (χ4v) is 3.05. The molecule has 2 aromatic carbocycles. The lowest BCUT2D eigenvalue weighted by molar-refractivity contribution is -0.384. The molecule has 0 spiro atoms. The topological polar surface area (TPSA) is 97.2 Å². The average Bonchev–Trinajstić information content (AvgIpc) is 2.95. The van der Waals surface area contributed by atoms with Gasteiger partial charge < -0.3 is 5.32 Å². The maximum atomic E-state index is 13.2. The Kier molecular flexibility index (Phi) is 4.09. The highest BCUT2D eigenvalue weighted by atomic mass is 32.1. The molecule has 3 rings (SSSR count). The molecule has 1 amide bonds. The Morgan fingerprint density at radius 2 is 2.08 bits per heavy atom. The molecule has 9 heteroatoms. The van der Waals surface area contributed by atoms with Crippen molar-refractivity contribution in [2.75, 3.05) is 17.7 Å². The number of rotatable bonds is 4. The number of non-ortho nitro benzene ring substituents is 1. The van der Waals surface area contributed by atoms with Gasteiger partial charge in [-0.1, -0.05) is 11.3 Å². The van der Waals surface area contributed by atoms with Crippen molar-refractivity contribution in [3.8, 4) is 0 Å². The molecule has 0 unspecified atom stereocenters. The predicted molar refractivity (Wildman–Crippen MR) is 90.2 cm³/mol. The Balaban J connectivity index is 1.93. The van der Waals surface area contributed by atoms with Gasteiger partial charge >= 0.3 is 0 Å². The van der Waals surface area contributed by atoms with E-state index in [2.05, 4.69) is 15.6 Å². The van der Waals surface area contributed by atoms with Crippen molar-refractivity contribution in [2.24, 2.45) is 0 Å². The standard InChI is InChI=1S/C15H11FN4O3S/c1-17-11-5-3-9(20(22)23)7-10(11)14(21)19-15-18-12-4-2-8(16)6-13(12)24-15/h2-7,17H,1H3,(H,18,19,21). The van der Waals surface area contributed by atoms with E-state index in [4.69, 9.17) is 0 Å². The fourth-order valence-electron chi connectivity index (χ4n) is 2.17. The number of thiazole rings is 1. The van der Waals surface area contributed by atoms with Gasteiger partial charge in [0.2, 0.25) is 0 Å². The van der Waals surface area contributed by atoms with E-state index in [1.807, 2.05) is 0 Å². The van der Waals surface area contributed by atoms with Crippen LogP contribution >= 0.6 is 11.3 Å². The number of fused-ring (bicyclic) bond motifs is 1. The lowest BCUT2D eigenvalue weighted by Gasteiger charge is -2.08. The summed E-state index contributed by atoms with van der Waals surface area (Å²) in [5.74, 6) is -0.928. The van der Waals surface area contributed by atoms with Crippen molar-refractivity contribution in [3.05, 3.63) is 57.9 Å². The third-order valence-electron chi connectivity index (χ3n) is 3.30. The van der Waals surface area contributed by atoms with Gasteiger partial charge in [-0.15, -0.1) is 0 Å². The number of hydrogen-bond acceptors (Lipinski definition) is 6. The number of halogens is 1. The summed E-state index contributed by atoms with van der Waals surface area (Å²) in [6.45, 7) is 0. The molecule has 7 nitrogen and oxygen atoms in total. The number of amides is 1. The van der Waals surface area contributed by atoms with Crippen LogP contribution in [-0.2, 0) is 0 Å². The fraction of sp³-hybridized carbons (Fsp3) is 0.0667. The maximum absolute atomic E-state index is 13.2. The normalized spacial score (nSPS) is 10.6. The minimum Gasteiger partial charge on any atom is -0.387 e. The van der Waals surface area contributed by atoms with Gasteiger partial charge in [-0.3, -0.25) is 20.2 Å². The summed E-state index contributed by atoms with van der Waals surface area (Å²) in [6, 6.07) is 8.09. The smallest absolute Gasteiger partial charge is 0.270 e. The number of nitro groups is 1. The van der Waals surface area contributed by atoms with Crippen LogP contribution in [-0.4, -0.2) is 22.9 Å². The van der Waals surface area contributed by atoms with E-state index in [0.717, 1.165) is 11.3 Å². The van der Waals surface area contributed by atoms with Crippen LogP contribution in [0.3, 0.4) is 0 Å². The van der Waals surface area contributed by atoms with Crippen molar-refractivity contribution in [1.29, 1.82) is 0 Å². The molecule has 0 radical (unpaired) electrons. The maximum Gasteiger partial charge on any atom is 0.270 e. The number of benzene rings is 2. The lowest BCUT2D eigenvalue weighted by Crippen LogP contribution is -2.14. The zero-order valence-electron chi connectivity index (χ0n) is 12.4. The Labute approximate surface area is 139 Å². The molecular weight excluding hydrogens is 335 g/mol. The summed E-state index contributed by atoms with van der Waals surface area (Å²) < 4.78 is 13.8. The Hall–Kier alpha value is -3.07. The van der Waals surface area contributed by atoms with E-state index < -0.39 is 10.8 Å². The predicted octanol–water partition coefficient (Wildman–Crippen LogP) is 3.64. The first-order valence-electron chi connectivity index (χ1n) is 6.81. The van der Waals surface area contributed by atoms with Gasteiger partial charge in [-0.2, -0.15) is 0 Å². The number of carbonyl (C=O) groups excluding carboxylic acids is 1. The summed E-state index contributed by atoms with van der Waals surface area (Å²) in [6.07, 6.45) is 0. The Morgan fingerprint density at radius 1 is 1.29 bits per heavy atom. The van der Waals surface area contributed by atoms with Crippen LogP contribution in [0.1, 0.15) is 10.4 Å². The molecule has 1 aromatic heterocycles. The molecule has 0 aliphatic carbocycles. The van der Waals surface area contributed by atoms with Crippen LogP contribution in [0.5, 0.6) is 0 Å². The van der Waals surface area contributed by atoms with Gasteiger partial charge in [0.25, 0.3) is 11.6 Å². The first-order valence-corrected chi connectivity index (χ1v) is 7.63.